The van der Waals surface area contributed by atoms with Crippen LogP contribution >= 0.6 is 15.9 Å². The first-order valence-electron chi connectivity index (χ1n) is 4.18. The van der Waals surface area contributed by atoms with Gasteiger partial charge in [-0.1, -0.05) is 0 Å². The lowest BCUT2D eigenvalue weighted by Crippen LogP contribution is -2.18. The number of halogens is 2. The van der Waals surface area contributed by atoms with E-state index in [0.29, 0.717) is 4.47 Å². The molecule has 0 fully saturated rings. The standard InChI is InChI=1S/C9H10BrFN2O2/c1-15-8(14)3-7(12)6-2-5(10)4-13-9(6)11/h2,4,7H,3,12H2,1H3/t7-/m0/s1. The number of aromatic nitrogens is 1. The highest BCUT2D eigenvalue weighted by molar-refractivity contribution is 9.10. The van der Waals surface area contributed by atoms with Crippen LogP contribution in [0.4, 0.5) is 4.39 Å². The number of nitrogens with two attached hydrogens (primary N) is 1. The molecule has 0 amide bonds. The second-order valence-electron chi connectivity index (χ2n) is 2.92. The van der Waals surface area contributed by atoms with Crippen molar-refractivity contribution in [3.63, 3.8) is 0 Å². The first kappa shape index (κ1) is 12.1. The van der Waals surface area contributed by atoms with E-state index in [9.17, 15) is 9.18 Å². The number of rotatable bonds is 3. The van der Waals surface area contributed by atoms with E-state index in [-0.39, 0.29) is 12.0 Å². The fourth-order valence-electron chi connectivity index (χ4n) is 1.07. The van der Waals surface area contributed by atoms with Gasteiger partial charge >= 0.3 is 5.97 Å². The fourth-order valence-corrected chi connectivity index (χ4v) is 1.42. The van der Waals surface area contributed by atoms with E-state index in [2.05, 4.69) is 25.7 Å². The predicted molar refractivity (Wildman–Crippen MR) is 55.5 cm³/mol. The van der Waals surface area contributed by atoms with Gasteiger partial charge in [0.25, 0.3) is 0 Å². The Morgan fingerprint density at radius 3 is 3.07 bits per heavy atom. The molecule has 0 spiro atoms. The molecule has 2 N–H and O–H groups in total. The molecule has 1 heterocycles. The summed E-state index contributed by atoms with van der Waals surface area (Å²) in [6.07, 6.45) is 1.25. The highest BCUT2D eigenvalue weighted by atomic mass is 79.9. The van der Waals surface area contributed by atoms with Crippen LogP contribution in [0.25, 0.3) is 0 Å². The Kier molecular flexibility index (Phi) is 4.16. The topological polar surface area (TPSA) is 65.2 Å². The average molecular weight is 277 g/mol. The second-order valence-corrected chi connectivity index (χ2v) is 3.84. The van der Waals surface area contributed by atoms with Gasteiger partial charge in [0.15, 0.2) is 0 Å². The number of hydrogen-bond donors (Lipinski definition) is 1. The number of carbonyl (C=O) groups is 1. The van der Waals surface area contributed by atoms with Crippen molar-refractivity contribution in [1.29, 1.82) is 0 Å². The lowest BCUT2D eigenvalue weighted by atomic mass is 10.1. The van der Waals surface area contributed by atoms with Crippen molar-refractivity contribution >= 4 is 21.9 Å². The van der Waals surface area contributed by atoms with Crippen LogP contribution in [0, 0.1) is 5.95 Å². The molecule has 0 bridgehead atoms. The molecular weight excluding hydrogens is 267 g/mol. The minimum absolute atomic E-state index is 0.0778. The van der Waals surface area contributed by atoms with Crippen molar-refractivity contribution < 1.29 is 13.9 Å². The summed E-state index contributed by atoms with van der Waals surface area (Å²) in [7, 11) is 1.25. The summed E-state index contributed by atoms with van der Waals surface area (Å²) in [5.41, 5.74) is 5.83. The van der Waals surface area contributed by atoms with Crippen LogP contribution < -0.4 is 5.73 Å². The van der Waals surface area contributed by atoms with Gasteiger partial charge in [0, 0.05) is 22.3 Å². The third-order valence-electron chi connectivity index (χ3n) is 1.85. The van der Waals surface area contributed by atoms with Crippen LogP contribution in [-0.4, -0.2) is 18.1 Å². The Morgan fingerprint density at radius 1 is 1.80 bits per heavy atom. The van der Waals surface area contributed by atoms with Crippen molar-refractivity contribution in [3.8, 4) is 0 Å². The summed E-state index contributed by atoms with van der Waals surface area (Å²) in [6.45, 7) is 0. The summed E-state index contributed by atoms with van der Waals surface area (Å²) >= 11 is 3.15. The Morgan fingerprint density at radius 2 is 2.47 bits per heavy atom. The van der Waals surface area contributed by atoms with Gasteiger partial charge in [-0.05, 0) is 22.0 Å². The van der Waals surface area contributed by atoms with Crippen molar-refractivity contribution in [3.05, 3.63) is 28.2 Å². The monoisotopic (exact) mass is 276 g/mol. The summed E-state index contributed by atoms with van der Waals surface area (Å²) in [5.74, 6) is -1.16. The van der Waals surface area contributed by atoms with Crippen LogP contribution in [0.15, 0.2) is 16.7 Å². The van der Waals surface area contributed by atoms with Crippen LogP contribution in [0.3, 0.4) is 0 Å². The zero-order valence-corrected chi connectivity index (χ0v) is 9.62. The molecule has 15 heavy (non-hydrogen) atoms. The largest absolute Gasteiger partial charge is 0.469 e. The van der Waals surface area contributed by atoms with Gasteiger partial charge in [0.2, 0.25) is 5.95 Å². The van der Waals surface area contributed by atoms with Gasteiger partial charge < -0.3 is 10.5 Å². The van der Waals surface area contributed by atoms with Gasteiger partial charge in [-0.2, -0.15) is 4.39 Å². The zero-order valence-electron chi connectivity index (χ0n) is 8.04. The zero-order chi connectivity index (χ0) is 11.4. The lowest BCUT2D eigenvalue weighted by molar-refractivity contribution is -0.141. The summed E-state index contributed by atoms with van der Waals surface area (Å²) in [6, 6.07) is 0.748. The molecule has 0 saturated carbocycles. The molecular formula is C9H10BrFN2O2. The molecule has 0 aliphatic rings. The number of nitrogens with zero attached hydrogens (tertiary/aromatic N) is 1. The van der Waals surface area contributed by atoms with E-state index in [0.717, 1.165) is 0 Å². The lowest BCUT2D eigenvalue weighted by Gasteiger charge is -2.11. The molecule has 1 atom stereocenters. The summed E-state index contributed by atoms with van der Waals surface area (Å²) in [4.78, 5) is 14.4. The van der Waals surface area contributed by atoms with E-state index in [1.807, 2.05) is 0 Å². The molecule has 0 saturated heterocycles. The predicted octanol–water partition coefficient (Wildman–Crippen LogP) is 1.55. The van der Waals surface area contributed by atoms with Crippen molar-refractivity contribution in [1.82, 2.24) is 4.98 Å². The smallest absolute Gasteiger partial charge is 0.307 e. The highest BCUT2D eigenvalue weighted by Gasteiger charge is 2.16. The molecule has 1 aromatic rings. The third kappa shape index (κ3) is 3.24. The average Bonchev–Trinajstić information content (AvgIpc) is 2.21. The highest BCUT2D eigenvalue weighted by Crippen LogP contribution is 2.20. The minimum Gasteiger partial charge on any atom is -0.469 e. The first-order chi connectivity index (χ1) is 7.04. The van der Waals surface area contributed by atoms with Crippen LogP contribution in [-0.2, 0) is 9.53 Å². The molecule has 6 heteroatoms. The van der Waals surface area contributed by atoms with Crippen molar-refractivity contribution in [2.45, 2.75) is 12.5 Å². The minimum atomic E-state index is -0.748. The van der Waals surface area contributed by atoms with Crippen LogP contribution in [0.1, 0.15) is 18.0 Å². The second kappa shape index (κ2) is 5.18. The van der Waals surface area contributed by atoms with Gasteiger partial charge in [0.05, 0.1) is 13.5 Å². The Hall–Kier alpha value is -1.01. The van der Waals surface area contributed by atoms with E-state index in [1.54, 1.807) is 0 Å². The Balaban J connectivity index is 2.85. The van der Waals surface area contributed by atoms with Crippen molar-refractivity contribution in [2.75, 3.05) is 7.11 Å². The number of esters is 1. The number of carbonyl (C=O) groups excluding carboxylic acids is 1. The maximum Gasteiger partial charge on any atom is 0.307 e. The normalized spacial score (nSPS) is 12.3. The van der Waals surface area contributed by atoms with E-state index in [1.165, 1.54) is 19.4 Å². The number of ether oxygens (including phenoxy) is 1. The molecule has 0 aliphatic heterocycles. The Labute approximate surface area is 94.8 Å². The van der Waals surface area contributed by atoms with Crippen LogP contribution in [0.2, 0.25) is 0 Å². The number of pyridine rings is 1. The number of methoxy groups -OCH3 is 1. The molecule has 1 rings (SSSR count). The molecule has 1 aromatic heterocycles. The third-order valence-corrected chi connectivity index (χ3v) is 2.28. The van der Waals surface area contributed by atoms with Gasteiger partial charge in [0.1, 0.15) is 0 Å². The van der Waals surface area contributed by atoms with E-state index in [4.69, 9.17) is 5.73 Å². The summed E-state index contributed by atoms with van der Waals surface area (Å²) < 4.78 is 18.3. The SMILES string of the molecule is COC(=O)C[C@H](N)c1cc(Br)cnc1F. The molecule has 0 radical (unpaired) electrons. The fraction of sp³-hybridized carbons (Fsp3) is 0.333. The molecule has 82 valence electrons. The van der Waals surface area contributed by atoms with Crippen LogP contribution in [0.5, 0.6) is 0 Å². The molecule has 0 aliphatic carbocycles. The van der Waals surface area contributed by atoms with Gasteiger partial charge in [-0.3, -0.25) is 4.79 Å². The maximum absolute atomic E-state index is 13.2. The van der Waals surface area contributed by atoms with E-state index < -0.39 is 18.0 Å². The van der Waals surface area contributed by atoms with Crippen molar-refractivity contribution in [2.24, 2.45) is 5.73 Å². The molecule has 4 nitrogen and oxygen atoms in total. The van der Waals surface area contributed by atoms with Gasteiger partial charge in [-0.25, -0.2) is 4.98 Å². The molecule has 0 unspecified atom stereocenters. The maximum atomic E-state index is 13.2. The number of hydrogen-bond acceptors (Lipinski definition) is 4. The Bertz CT molecular complexity index is 373. The first-order valence-corrected chi connectivity index (χ1v) is 4.97. The van der Waals surface area contributed by atoms with Gasteiger partial charge in [-0.15, -0.1) is 0 Å². The van der Waals surface area contributed by atoms with E-state index >= 15 is 0 Å². The molecule has 0 aromatic carbocycles. The quantitative estimate of drug-likeness (QED) is 0.672. The summed E-state index contributed by atoms with van der Waals surface area (Å²) in [5, 5.41) is 0.